The first kappa shape index (κ1) is 14.0. The van der Waals surface area contributed by atoms with Crippen molar-refractivity contribution in [2.45, 2.75) is 27.7 Å². The summed E-state index contributed by atoms with van der Waals surface area (Å²) in [5.74, 6) is 1.72. The molecule has 0 spiro atoms. The summed E-state index contributed by atoms with van der Waals surface area (Å²) in [6.45, 7) is 7.62. The largest absolute Gasteiger partial charge is 2.00 e. The second-order valence-electron chi connectivity index (χ2n) is 3.12. The van der Waals surface area contributed by atoms with E-state index >= 15 is 0 Å². The first-order chi connectivity index (χ1) is 6.58. The molecule has 0 aliphatic carbocycles. The fourth-order valence-electron chi connectivity index (χ4n) is 1.000. The molecule has 15 heavy (non-hydrogen) atoms. The molecule has 2 aromatic heterocycles. The smallest absolute Gasteiger partial charge is 0.447 e. The molecule has 0 radical (unpaired) electrons. The average Bonchev–Trinajstić information content (AvgIpc) is 2.63. The Bertz CT molecular complexity index is 320. The number of imidazole rings is 2. The van der Waals surface area contributed by atoms with Crippen molar-refractivity contribution in [1.82, 2.24) is 19.9 Å². The van der Waals surface area contributed by atoms with Crippen molar-refractivity contribution >= 4 is 0 Å². The van der Waals surface area contributed by atoms with E-state index < -0.39 is 0 Å². The number of rotatable bonds is 0. The van der Waals surface area contributed by atoms with Crippen LogP contribution in [-0.2, 0) is 19.5 Å². The summed E-state index contributed by atoms with van der Waals surface area (Å²) in [5.41, 5.74) is 2.00. The summed E-state index contributed by atoms with van der Waals surface area (Å²) in [6, 6.07) is 0. The molecule has 0 amide bonds. The van der Waals surface area contributed by atoms with E-state index in [1.807, 2.05) is 27.7 Å². The van der Waals surface area contributed by atoms with Gasteiger partial charge in [-0.25, -0.2) is 0 Å². The Morgan fingerprint density at radius 2 is 1.13 bits per heavy atom. The Kier molecular flexibility index (Phi) is 6.10. The van der Waals surface area contributed by atoms with Crippen LogP contribution in [0.25, 0.3) is 0 Å². The molecule has 0 N–H and O–H groups in total. The summed E-state index contributed by atoms with van der Waals surface area (Å²) >= 11 is 0. The van der Waals surface area contributed by atoms with Crippen molar-refractivity contribution in [2.75, 3.05) is 0 Å². The van der Waals surface area contributed by atoms with Crippen LogP contribution in [0.4, 0.5) is 0 Å². The maximum atomic E-state index is 4.00. The van der Waals surface area contributed by atoms with Gasteiger partial charge in [-0.3, -0.25) is 0 Å². The third kappa shape index (κ3) is 5.48. The molecular formula is C10H14N4Zn. The standard InChI is InChI=1S/2C5H7N2.Zn/c2*1-4-3-6-5(2)7-4;/h2*3H,1-2H3;/q2*-1;+2. The van der Waals surface area contributed by atoms with Crippen LogP contribution in [0.15, 0.2) is 12.4 Å². The van der Waals surface area contributed by atoms with Crippen LogP contribution >= 0.6 is 0 Å². The monoisotopic (exact) mass is 254 g/mol. The minimum absolute atomic E-state index is 0. The maximum Gasteiger partial charge on any atom is 2.00 e. The normalized spacial score (nSPS) is 8.80. The Balaban J connectivity index is 0.000000245. The molecule has 0 aromatic carbocycles. The Labute approximate surface area is 103 Å². The topological polar surface area (TPSA) is 54.0 Å². The van der Waals surface area contributed by atoms with Crippen molar-refractivity contribution in [3.63, 3.8) is 0 Å². The van der Waals surface area contributed by atoms with Crippen LogP contribution in [0.5, 0.6) is 0 Å². The molecule has 76 valence electrons. The van der Waals surface area contributed by atoms with E-state index in [0.717, 1.165) is 23.0 Å². The zero-order chi connectivity index (χ0) is 10.6. The van der Waals surface area contributed by atoms with E-state index in [-0.39, 0.29) is 19.5 Å². The number of nitrogens with zero attached hydrogens (tertiary/aromatic N) is 4. The van der Waals surface area contributed by atoms with Gasteiger partial charge in [0.15, 0.2) is 0 Å². The molecular weight excluding hydrogens is 242 g/mol. The number of hydrogen-bond acceptors (Lipinski definition) is 2. The summed E-state index contributed by atoms with van der Waals surface area (Å²) in [7, 11) is 0. The van der Waals surface area contributed by atoms with E-state index in [2.05, 4.69) is 19.9 Å². The summed E-state index contributed by atoms with van der Waals surface area (Å²) in [4.78, 5) is 15.8. The van der Waals surface area contributed by atoms with Gasteiger partial charge in [0, 0.05) is 0 Å². The molecule has 2 rings (SSSR count). The SMILES string of the molecule is Cc1c[n-]c(C)n1.Cc1c[n-]c(C)n1.[Zn+2]. The number of aryl methyl sites for hydroxylation is 4. The quantitative estimate of drug-likeness (QED) is 0.666. The fourth-order valence-corrected chi connectivity index (χ4v) is 1.000. The fraction of sp³-hybridized carbons (Fsp3) is 0.400. The predicted octanol–water partition coefficient (Wildman–Crippen LogP) is 1.31. The van der Waals surface area contributed by atoms with Crippen LogP contribution in [-0.4, -0.2) is 9.97 Å². The van der Waals surface area contributed by atoms with Crippen molar-refractivity contribution in [3.8, 4) is 0 Å². The third-order valence-electron chi connectivity index (χ3n) is 1.55. The van der Waals surface area contributed by atoms with Crippen LogP contribution in [0, 0.1) is 27.7 Å². The van der Waals surface area contributed by atoms with Crippen molar-refractivity contribution in [1.29, 1.82) is 0 Å². The first-order valence-corrected chi connectivity index (χ1v) is 4.44. The molecule has 2 aromatic rings. The average molecular weight is 256 g/mol. The second-order valence-corrected chi connectivity index (χ2v) is 3.12. The van der Waals surface area contributed by atoms with Gasteiger partial charge in [-0.05, 0) is 27.7 Å². The Morgan fingerprint density at radius 3 is 1.20 bits per heavy atom. The van der Waals surface area contributed by atoms with Gasteiger partial charge >= 0.3 is 19.5 Å². The van der Waals surface area contributed by atoms with E-state index in [4.69, 9.17) is 0 Å². The van der Waals surface area contributed by atoms with Crippen LogP contribution in [0.3, 0.4) is 0 Å². The molecule has 2 heterocycles. The predicted molar refractivity (Wildman–Crippen MR) is 54.1 cm³/mol. The van der Waals surface area contributed by atoms with Crippen molar-refractivity contribution in [2.24, 2.45) is 0 Å². The minimum Gasteiger partial charge on any atom is -0.447 e. The molecule has 0 atom stereocenters. The molecule has 0 aliphatic rings. The Morgan fingerprint density at radius 1 is 0.800 bits per heavy atom. The molecule has 0 saturated heterocycles. The molecule has 5 heteroatoms. The second kappa shape index (κ2) is 6.51. The van der Waals surface area contributed by atoms with Crippen LogP contribution in [0.1, 0.15) is 23.0 Å². The molecule has 0 fully saturated rings. The van der Waals surface area contributed by atoms with Gasteiger partial charge in [0.2, 0.25) is 0 Å². The van der Waals surface area contributed by atoms with Crippen LogP contribution in [0.2, 0.25) is 0 Å². The van der Waals surface area contributed by atoms with Gasteiger partial charge in [0.1, 0.15) is 0 Å². The number of aromatic nitrogens is 4. The van der Waals surface area contributed by atoms with Crippen molar-refractivity contribution in [3.05, 3.63) is 35.4 Å². The third-order valence-corrected chi connectivity index (χ3v) is 1.55. The molecule has 0 aliphatic heterocycles. The zero-order valence-electron chi connectivity index (χ0n) is 9.65. The van der Waals surface area contributed by atoms with Gasteiger partial charge in [-0.15, -0.1) is 0 Å². The molecule has 0 saturated carbocycles. The van der Waals surface area contributed by atoms with E-state index in [0.29, 0.717) is 0 Å². The summed E-state index contributed by atoms with van der Waals surface area (Å²) in [5, 5.41) is 0. The molecule has 0 unspecified atom stereocenters. The summed E-state index contributed by atoms with van der Waals surface area (Å²) in [6.07, 6.45) is 3.52. The van der Waals surface area contributed by atoms with E-state index in [9.17, 15) is 0 Å². The Hall–Kier alpha value is -0.957. The van der Waals surface area contributed by atoms with Gasteiger partial charge in [0.05, 0.1) is 0 Å². The molecule has 0 bridgehead atoms. The summed E-state index contributed by atoms with van der Waals surface area (Å²) < 4.78 is 0. The van der Waals surface area contributed by atoms with Gasteiger partial charge < -0.3 is 19.9 Å². The maximum absolute atomic E-state index is 4.00. The van der Waals surface area contributed by atoms with E-state index in [1.165, 1.54) is 0 Å². The van der Waals surface area contributed by atoms with Gasteiger partial charge in [-0.1, -0.05) is 35.4 Å². The van der Waals surface area contributed by atoms with Crippen LogP contribution < -0.4 is 9.97 Å². The van der Waals surface area contributed by atoms with Crippen molar-refractivity contribution < 1.29 is 19.5 Å². The van der Waals surface area contributed by atoms with E-state index in [1.54, 1.807) is 12.4 Å². The zero-order valence-corrected chi connectivity index (χ0v) is 12.6. The molecule has 4 nitrogen and oxygen atoms in total. The number of hydrogen-bond donors (Lipinski definition) is 0. The van der Waals surface area contributed by atoms with Gasteiger partial charge in [0.25, 0.3) is 0 Å². The minimum atomic E-state index is 0. The van der Waals surface area contributed by atoms with Gasteiger partial charge in [-0.2, -0.15) is 0 Å². The first-order valence-electron chi connectivity index (χ1n) is 4.44.